The summed E-state index contributed by atoms with van der Waals surface area (Å²) in [5.41, 5.74) is 2.00. The molecule has 0 aromatic carbocycles. The Morgan fingerprint density at radius 1 is 1.39 bits per heavy atom. The van der Waals surface area contributed by atoms with Crippen LogP contribution in [0.5, 0.6) is 0 Å². The van der Waals surface area contributed by atoms with E-state index in [1.54, 1.807) is 0 Å². The van der Waals surface area contributed by atoms with Crippen LogP contribution >= 0.6 is 11.6 Å². The Labute approximate surface area is 112 Å². The first kappa shape index (κ1) is 12.0. The Morgan fingerprint density at radius 3 is 3.06 bits per heavy atom. The molecule has 2 heterocycles. The fourth-order valence-corrected chi connectivity index (χ4v) is 2.63. The van der Waals surface area contributed by atoms with Gasteiger partial charge in [-0.05, 0) is 30.9 Å². The zero-order valence-corrected chi connectivity index (χ0v) is 11.2. The van der Waals surface area contributed by atoms with Crippen molar-refractivity contribution < 1.29 is 0 Å². The molecule has 4 heteroatoms. The Kier molecular flexibility index (Phi) is 3.50. The lowest BCUT2D eigenvalue weighted by atomic mass is 10.2. The number of hydrogen-bond donors (Lipinski definition) is 0. The molecule has 0 bridgehead atoms. The zero-order chi connectivity index (χ0) is 12.4. The molecule has 0 atom stereocenters. The summed E-state index contributed by atoms with van der Waals surface area (Å²) in [7, 11) is 0. The van der Waals surface area contributed by atoms with Gasteiger partial charge < -0.3 is 4.57 Å². The fraction of sp³-hybridized carbons (Fsp3) is 0.571. The van der Waals surface area contributed by atoms with Crippen molar-refractivity contribution in [1.82, 2.24) is 14.5 Å². The normalized spacial score (nSPS) is 15.4. The minimum absolute atomic E-state index is 0.617. The second-order valence-electron chi connectivity index (χ2n) is 5.05. The van der Waals surface area contributed by atoms with E-state index >= 15 is 0 Å². The van der Waals surface area contributed by atoms with Crippen LogP contribution in [0.4, 0.5) is 0 Å². The summed E-state index contributed by atoms with van der Waals surface area (Å²) in [5.74, 6) is 2.69. The van der Waals surface area contributed by atoms with Gasteiger partial charge in [0.1, 0.15) is 11.3 Å². The minimum Gasteiger partial charge on any atom is -0.313 e. The Balaban J connectivity index is 1.82. The van der Waals surface area contributed by atoms with Gasteiger partial charge in [-0.15, -0.1) is 11.6 Å². The molecule has 1 fully saturated rings. The third kappa shape index (κ3) is 2.51. The summed E-state index contributed by atoms with van der Waals surface area (Å²) < 4.78 is 2.25. The van der Waals surface area contributed by atoms with Gasteiger partial charge in [-0.1, -0.05) is 12.8 Å². The Bertz CT molecular complexity index is 531. The number of hydrogen-bond acceptors (Lipinski definition) is 2. The molecule has 18 heavy (non-hydrogen) atoms. The van der Waals surface area contributed by atoms with Gasteiger partial charge in [-0.3, -0.25) is 0 Å². The minimum atomic E-state index is 0.617. The number of pyridine rings is 1. The number of nitrogens with zero attached hydrogens (tertiary/aromatic N) is 3. The maximum absolute atomic E-state index is 5.86. The van der Waals surface area contributed by atoms with Crippen molar-refractivity contribution >= 4 is 22.8 Å². The van der Waals surface area contributed by atoms with E-state index in [1.807, 2.05) is 18.3 Å². The summed E-state index contributed by atoms with van der Waals surface area (Å²) in [6.45, 7) is 1.02. The molecule has 0 saturated heterocycles. The number of halogens is 1. The van der Waals surface area contributed by atoms with Gasteiger partial charge in [-0.2, -0.15) is 0 Å². The van der Waals surface area contributed by atoms with Gasteiger partial charge in [0.25, 0.3) is 0 Å². The number of aromatic nitrogens is 3. The number of aryl methyl sites for hydroxylation is 2. The molecule has 96 valence electrons. The van der Waals surface area contributed by atoms with Gasteiger partial charge in [-0.25, -0.2) is 9.97 Å². The molecule has 0 aliphatic heterocycles. The van der Waals surface area contributed by atoms with Crippen LogP contribution in [-0.4, -0.2) is 20.4 Å². The molecular weight excluding hydrogens is 246 g/mol. The SMILES string of the molecule is ClCCc1nc2cccnc2n1CCCC1CC1. The van der Waals surface area contributed by atoms with Gasteiger partial charge in [0, 0.05) is 25.0 Å². The predicted octanol–water partition coefficient (Wildman–Crippen LogP) is 3.40. The van der Waals surface area contributed by atoms with Crippen LogP contribution in [0, 0.1) is 5.92 Å². The van der Waals surface area contributed by atoms with E-state index in [2.05, 4.69) is 14.5 Å². The standard InChI is InChI=1S/C14H18ClN3/c15-8-7-13-17-12-4-1-9-16-14(12)18(13)10-2-3-11-5-6-11/h1,4,9,11H,2-3,5-8,10H2. The molecule has 1 saturated carbocycles. The first-order valence-electron chi connectivity index (χ1n) is 6.74. The first-order chi connectivity index (χ1) is 8.88. The van der Waals surface area contributed by atoms with E-state index in [-0.39, 0.29) is 0 Å². The van der Waals surface area contributed by atoms with Crippen molar-refractivity contribution in [2.24, 2.45) is 5.92 Å². The lowest BCUT2D eigenvalue weighted by Gasteiger charge is -2.07. The molecule has 0 spiro atoms. The third-order valence-electron chi connectivity index (χ3n) is 3.59. The average Bonchev–Trinajstić information content (AvgIpc) is 3.14. The van der Waals surface area contributed by atoms with E-state index in [4.69, 9.17) is 11.6 Å². The topological polar surface area (TPSA) is 30.7 Å². The highest BCUT2D eigenvalue weighted by molar-refractivity contribution is 6.17. The monoisotopic (exact) mass is 263 g/mol. The molecule has 0 amide bonds. The molecule has 1 aliphatic rings. The molecule has 1 aliphatic carbocycles. The largest absolute Gasteiger partial charge is 0.313 e. The summed E-state index contributed by atoms with van der Waals surface area (Å²) in [6, 6.07) is 3.96. The van der Waals surface area contributed by atoms with E-state index in [9.17, 15) is 0 Å². The molecule has 3 rings (SSSR count). The van der Waals surface area contributed by atoms with Crippen molar-refractivity contribution in [2.75, 3.05) is 5.88 Å². The van der Waals surface area contributed by atoms with Crippen molar-refractivity contribution in [3.05, 3.63) is 24.2 Å². The first-order valence-corrected chi connectivity index (χ1v) is 7.28. The number of alkyl halides is 1. The van der Waals surface area contributed by atoms with E-state index in [1.165, 1.54) is 25.7 Å². The number of fused-ring (bicyclic) bond motifs is 1. The van der Waals surface area contributed by atoms with Crippen LogP contribution in [0.25, 0.3) is 11.2 Å². The molecule has 0 radical (unpaired) electrons. The zero-order valence-electron chi connectivity index (χ0n) is 10.5. The van der Waals surface area contributed by atoms with Crippen LogP contribution < -0.4 is 0 Å². The van der Waals surface area contributed by atoms with Crippen LogP contribution in [0.2, 0.25) is 0 Å². The van der Waals surface area contributed by atoms with E-state index in [0.717, 1.165) is 35.9 Å². The van der Waals surface area contributed by atoms with Crippen molar-refractivity contribution in [3.8, 4) is 0 Å². The van der Waals surface area contributed by atoms with E-state index < -0.39 is 0 Å². The fourth-order valence-electron chi connectivity index (χ4n) is 2.46. The van der Waals surface area contributed by atoms with Crippen LogP contribution in [0.1, 0.15) is 31.5 Å². The highest BCUT2D eigenvalue weighted by Crippen LogP contribution is 2.33. The quantitative estimate of drug-likeness (QED) is 0.748. The second-order valence-corrected chi connectivity index (χ2v) is 5.43. The second kappa shape index (κ2) is 5.27. The Morgan fingerprint density at radius 2 is 2.28 bits per heavy atom. The summed E-state index contributed by atoms with van der Waals surface area (Å²) in [6.07, 6.45) is 8.08. The highest BCUT2D eigenvalue weighted by Gasteiger charge is 2.20. The van der Waals surface area contributed by atoms with Gasteiger partial charge in [0.05, 0.1) is 0 Å². The maximum atomic E-state index is 5.86. The molecule has 0 N–H and O–H groups in total. The van der Waals surface area contributed by atoms with Crippen LogP contribution in [0.3, 0.4) is 0 Å². The lowest BCUT2D eigenvalue weighted by Crippen LogP contribution is -2.05. The molecular formula is C14H18ClN3. The summed E-state index contributed by atoms with van der Waals surface area (Å²) in [4.78, 5) is 9.09. The molecule has 0 unspecified atom stereocenters. The average molecular weight is 264 g/mol. The van der Waals surface area contributed by atoms with Crippen molar-refractivity contribution in [3.63, 3.8) is 0 Å². The third-order valence-corrected chi connectivity index (χ3v) is 3.78. The Hall–Kier alpha value is -1.09. The van der Waals surface area contributed by atoms with Crippen molar-refractivity contribution in [1.29, 1.82) is 0 Å². The maximum Gasteiger partial charge on any atom is 0.159 e. The van der Waals surface area contributed by atoms with Crippen molar-refractivity contribution in [2.45, 2.75) is 38.6 Å². The lowest BCUT2D eigenvalue weighted by molar-refractivity contribution is 0.569. The van der Waals surface area contributed by atoms with E-state index in [0.29, 0.717) is 5.88 Å². The summed E-state index contributed by atoms with van der Waals surface area (Å²) >= 11 is 5.86. The molecule has 2 aromatic heterocycles. The molecule has 2 aromatic rings. The predicted molar refractivity (Wildman–Crippen MR) is 73.9 cm³/mol. The van der Waals surface area contributed by atoms with Crippen LogP contribution in [-0.2, 0) is 13.0 Å². The smallest absolute Gasteiger partial charge is 0.159 e. The summed E-state index contributed by atoms with van der Waals surface area (Å²) in [5, 5.41) is 0. The van der Waals surface area contributed by atoms with Gasteiger partial charge in [0.15, 0.2) is 5.65 Å². The number of imidazole rings is 1. The van der Waals surface area contributed by atoms with Crippen LogP contribution in [0.15, 0.2) is 18.3 Å². The van der Waals surface area contributed by atoms with Gasteiger partial charge in [0.2, 0.25) is 0 Å². The van der Waals surface area contributed by atoms with Gasteiger partial charge >= 0.3 is 0 Å². The highest BCUT2D eigenvalue weighted by atomic mass is 35.5. The number of rotatable bonds is 6. The molecule has 3 nitrogen and oxygen atoms in total.